The average molecular weight is 239 g/mol. The third-order valence-electron chi connectivity index (χ3n) is 2.12. The largest absolute Gasteiger partial charge is 0.490 e. The lowest BCUT2D eigenvalue weighted by Crippen LogP contribution is -2.09. The second-order valence-electron chi connectivity index (χ2n) is 3.21. The fourth-order valence-corrected chi connectivity index (χ4v) is 1.46. The number of rotatable bonds is 5. The molecule has 0 N–H and O–H groups in total. The lowest BCUT2D eigenvalue weighted by molar-refractivity contribution is -0.385. The van der Waals surface area contributed by atoms with Crippen molar-refractivity contribution in [3.8, 4) is 5.75 Å². The Morgan fingerprint density at radius 1 is 1.47 bits per heavy atom. The van der Waals surface area contributed by atoms with Gasteiger partial charge < -0.3 is 9.47 Å². The third kappa shape index (κ3) is 3.17. The fraction of sp³-hybridized carbons (Fsp3) is 0.364. The summed E-state index contributed by atoms with van der Waals surface area (Å²) in [5, 5.41) is 10.8. The minimum atomic E-state index is -0.548. The summed E-state index contributed by atoms with van der Waals surface area (Å²) in [4.78, 5) is 21.5. The molecule has 0 aliphatic rings. The van der Waals surface area contributed by atoms with Crippen LogP contribution in [-0.2, 0) is 16.0 Å². The van der Waals surface area contributed by atoms with E-state index in [1.165, 1.54) is 19.2 Å². The molecule has 0 heterocycles. The molecule has 17 heavy (non-hydrogen) atoms. The second kappa shape index (κ2) is 5.83. The highest BCUT2D eigenvalue weighted by Gasteiger charge is 2.19. The molecule has 0 aliphatic heterocycles. The molecule has 1 rings (SSSR count). The van der Waals surface area contributed by atoms with Gasteiger partial charge >= 0.3 is 11.7 Å². The normalized spacial score (nSPS) is 9.76. The summed E-state index contributed by atoms with van der Waals surface area (Å²) in [6.45, 7) is 1.97. The summed E-state index contributed by atoms with van der Waals surface area (Å²) < 4.78 is 9.75. The zero-order valence-electron chi connectivity index (χ0n) is 9.63. The van der Waals surface area contributed by atoms with Crippen molar-refractivity contribution in [1.82, 2.24) is 0 Å². The molecule has 0 aromatic heterocycles. The van der Waals surface area contributed by atoms with Crippen LogP contribution in [-0.4, -0.2) is 24.6 Å². The van der Waals surface area contributed by atoms with E-state index in [2.05, 4.69) is 0 Å². The predicted octanol–water partition coefficient (Wildman–Crippen LogP) is 1.71. The molecule has 6 heteroatoms. The summed E-state index contributed by atoms with van der Waals surface area (Å²) >= 11 is 0. The first kappa shape index (κ1) is 13.0. The van der Waals surface area contributed by atoms with Crippen molar-refractivity contribution < 1.29 is 19.2 Å². The maximum atomic E-state index is 11.3. The summed E-state index contributed by atoms with van der Waals surface area (Å²) in [6.07, 6.45) is -0.0430. The Morgan fingerprint density at radius 2 is 2.18 bits per heavy atom. The molecule has 0 atom stereocenters. The Labute approximate surface area is 98.3 Å². The molecule has 0 spiro atoms. The summed E-state index contributed by atoms with van der Waals surface area (Å²) in [5.41, 5.74) is 0.287. The molecule has 92 valence electrons. The van der Waals surface area contributed by atoms with Crippen LogP contribution in [0.4, 0.5) is 5.69 Å². The first-order valence-corrected chi connectivity index (χ1v) is 5.06. The van der Waals surface area contributed by atoms with E-state index in [1.807, 2.05) is 0 Å². The maximum absolute atomic E-state index is 11.3. The van der Waals surface area contributed by atoms with Crippen LogP contribution in [0.25, 0.3) is 0 Å². The van der Waals surface area contributed by atoms with Crippen molar-refractivity contribution in [2.75, 3.05) is 13.7 Å². The van der Waals surface area contributed by atoms with Crippen LogP contribution in [0.3, 0.4) is 0 Å². The number of nitro benzene ring substituents is 1. The number of hydrogen-bond donors (Lipinski definition) is 0. The van der Waals surface area contributed by atoms with Gasteiger partial charge in [0.1, 0.15) is 0 Å². The van der Waals surface area contributed by atoms with Gasteiger partial charge in [0.15, 0.2) is 0 Å². The molecular weight excluding hydrogens is 226 g/mol. The number of carbonyl (C=O) groups excluding carboxylic acids is 1. The Bertz CT molecular complexity index is 430. The van der Waals surface area contributed by atoms with Gasteiger partial charge in [0.2, 0.25) is 5.75 Å². The van der Waals surface area contributed by atoms with E-state index in [-0.39, 0.29) is 24.5 Å². The van der Waals surface area contributed by atoms with E-state index in [9.17, 15) is 14.9 Å². The molecule has 0 amide bonds. The van der Waals surface area contributed by atoms with E-state index in [0.29, 0.717) is 5.56 Å². The number of nitrogens with zero attached hydrogens (tertiary/aromatic N) is 1. The number of hydrogen-bond acceptors (Lipinski definition) is 5. The zero-order valence-corrected chi connectivity index (χ0v) is 9.63. The molecule has 0 aliphatic carbocycles. The Hall–Kier alpha value is -2.11. The fourth-order valence-electron chi connectivity index (χ4n) is 1.46. The van der Waals surface area contributed by atoms with Gasteiger partial charge in [-0.2, -0.15) is 0 Å². The minimum absolute atomic E-state index is 0.0430. The van der Waals surface area contributed by atoms with Crippen molar-refractivity contribution >= 4 is 11.7 Å². The zero-order chi connectivity index (χ0) is 12.8. The Morgan fingerprint density at radius 3 is 2.71 bits per heavy atom. The van der Waals surface area contributed by atoms with E-state index >= 15 is 0 Å². The number of methoxy groups -OCH3 is 1. The first-order valence-electron chi connectivity index (χ1n) is 5.06. The lowest BCUT2D eigenvalue weighted by Gasteiger charge is -2.08. The summed E-state index contributed by atoms with van der Waals surface area (Å²) in [6, 6.07) is 4.44. The lowest BCUT2D eigenvalue weighted by atomic mass is 10.1. The van der Waals surface area contributed by atoms with Crippen LogP contribution in [0.1, 0.15) is 12.5 Å². The molecule has 0 bridgehead atoms. The number of para-hydroxylation sites is 1. The highest BCUT2D eigenvalue weighted by Crippen LogP contribution is 2.30. The van der Waals surface area contributed by atoms with Crippen molar-refractivity contribution in [3.05, 3.63) is 33.9 Å². The molecule has 0 saturated heterocycles. The predicted molar refractivity (Wildman–Crippen MR) is 60.0 cm³/mol. The number of benzene rings is 1. The number of esters is 1. The molecule has 6 nitrogen and oxygen atoms in total. The first-order chi connectivity index (χ1) is 8.10. The maximum Gasteiger partial charge on any atom is 0.311 e. The number of carbonyl (C=O) groups is 1. The molecular formula is C11H13NO5. The van der Waals surface area contributed by atoms with Gasteiger partial charge in [0.25, 0.3) is 0 Å². The summed E-state index contributed by atoms with van der Waals surface area (Å²) in [7, 11) is 1.33. The topological polar surface area (TPSA) is 78.7 Å². The van der Waals surface area contributed by atoms with Crippen LogP contribution in [0.5, 0.6) is 5.75 Å². The van der Waals surface area contributed by atoms with Crippen molar-refractivity contribution in [3.63, 3.8) is 0 Å². The quantitative estimate of drug-likeness (QED) is 0.444. The van der Waals surface area contributed by atoms with Crippen LogP contribution in [0.2, 0.25) is 0 Å². The molecule has 0 unspecified atom stereocenters. The van der Waals surface area contributed by atoms with Gasteiger partial charge in [-0.15, -0.1) is 0 Å². The Balaban J connectivity index is 3.03. The van der Waals surface area contributed by atoms with Gasteiger partial charge in [0, 0.05) is 11.6 Å². The van der Waals surface area contributed by atoms with Crippen LogP contribution in [0, 0.1) is 10.1 Å². The smallest absolute Gasteiger partial charge is 0.311 e. The van der Waals surface area contributed by atoms with Crippen molar-refractivity contribution in [2.24, 2.45) is 0 Å². The van der Waals surface area contributed by atoms with Gasteiger partial charge in [0.05, 0.1) is 25.1 Å². The van der Waals surface area contributed by atoms with Gasteiger partial charge in [-0.05, 0) is 6.92 Å². The van der Waals surface area contributed by atoms with E-state index in [0.717, 1.165) is 0 Å². The standard InChI is InChI=1S/C11H13NO5/c1-3-17-10(13)7-8-5-4-6-9(12(14)15)11(8)16-2/h4-6H,3,7H2,1-2H3. The molecule has 1 aromatic rings. The highest BCUT2D eigenvalue weighted by molar-refractivity contribution is 5.74. The van der Waals surface area contributed by atoms with Gasteiger partial charge in [-0.25, -0.2) is 0 Å². The average Bonchev–Trinajstić information content (AvgIpc) is 2.28. The van der Waals surface area contributed by atoms with Crippen molar-refractivity contribution in [2.45, 2.75) is 13.3 Å². The van der Waals surface area contributed by atoms with Crippen LogP contribution < -0.4 is 4.74 Å². The van der Waals surface area contributed by atoms with Crippen LogP contribution in [0.15, 0.2) is 18.2 Å². The summed E-state index contributed by atoms with van der Waals surface area (Å²) in [5.74, 6) is -0.336. The molecule has 0 saturated carbocycles. The van der Waals surface area contributed by atoms with Crippen molar-refractivity contribution in [1.29, 1.82) is 0 Å². The number of ether oxygens (including phenoxy) is 2. The van der Waals surface area contributed by atoms with Gasteiger partial charge in [-0.1, -0.05) is 12.1 Å². The van der Waals surface area contributed by atoms with E-state index < -0.39 is 10.9 Å². The minimum Gasteiger partial charge on any atom is -0.490 e. The molecule has 1 aromatic carbocycles. The van der Waals surface area contributed by atoms with E-state index in [1.54, 1.807) is 13.0 Å². The molecule has 0 radical (unpaired) electrons. The van der Waals surface area contributed by atoms with Gasteiger partial charge in [-0.3, -0.25) is 14.9 Å². The third-order valence-corrected chi connectivity index (χ3v) is 2.12. The highest BCUT2D eigenvalue weighted by atomic mass is 16.6. The second-order valence-corrected chi connectivity index (χ2v) is 3.21. The monoisotopic (exact) mass is 239 g/mol. The number of nitro groups is 1. The SMILES string of the molecule is CCOC(=O)Cc1cccc([N+](=O)[O-])c1OC. The van der Waals surface area contributed by atoms with E-state index in [4.69, 9.17) is 9.47 Å². The Kier molecular flexibility index (Phi) is 4.45. The molecule has 0 fully saturated rings. The van der Waals surface area contributed by atoms with Crippen LogP contribution >= 0.6 is 0 Å².